The lowest BCUT2D eigenvalue weighted by molar-refractivity contribution is 0.101. The average Bonchev–Trinajstić information content (AvgIpc) is 2.94. The summed E-state index contributed by atoms with van der Waals surface area (Å²) in [7, 11) is 0. The van der Waals surface area contributed by atoms with Crippen LogP contribution in [0.25, 0.3) is 10.9 Å². The molecule has 3 heteroatoms. The fraction of sp³-hybridized carbons (Fsp3) is 0.320. The lowest BCUT2D eigenvalue weighted by Gasteiger charge is -2.15. The number of carbonyl (C=O) groups excluding carboxylic acids is 1. The van der Waals surface area contributed by atoms with Crippen LogP contribution in [0.5, 0.6) is 0 Å². The number of allylic oxidation sites excluding steroid dienone is 1. The highest BCUT2D eigenvalue weighted by Crippen LogP contribution is 2.31. The number of hydrogen-bond donors (Lipinski definition) is 1. The van der Waals surface area contributed by atoms with Crippen LogP contribution in [0.1, 0.15) is 66.7 Å². The molecule has 0 bridgehead atoms. The first-order chi connectivity index (χ1) is 13.3. The molecular weight excluding hydrogens is 344 g/mol. The van der Waals surface area contributed by atoms with Crippen molar-refractivity contribution < 1.29 is 4.79 Å². The lowest BCUT2D eigenvalue weighted by atomic mass is 10.00. The largest absolute Gasteiger partial charge is 0.332 e. The van der Waals surface area contributed by atoms with Gasteiger partial charge in [-0.1, -0.05) is 58.0 Å². The molecule has 0 fully saturated rings. The second kappa shape index (κ2) is 8.05. The SMILES string of the molecule is C=CCn1c(C(=O)Nc2ccccc2C(C)C)c(C)c2cc(C(C)C)ccc21. The van der Waals surface area contributed by atoms with Crippen LogP contribution >= 0.6 is 0 Å². The Kier molecular flexibility index (Phi) is 5.73. The molecule has 1 amide bonds. The van der Waals surface area contributed by atoms with Gasteiger partial charge < -0.3 is 9.88 Å². The lowest BCUT2D eigenvalue weighted by Crippen LogP contribution is -2.19. The van der Waals surface area contributed by atoms with Crippen molar-refractivity contribution in [3.63, 3.8) is 0 Å². The van der Waals surface area contributed by atoms with Gasteiger partial charge in [-0.2, -0.15) is 0 Å². The number of aryl methyl sites for hydroxylation is 1. The molecule has 146 valence electrons. The van der Waals surface area contributed by atoms with Crippen molar-refractivity contribution >= 4 is 22.5 Å². The van der Waals surface area contributed by atoms with Gasteiger partial charge in [-0.05, 0) is 53.6 Å². The standard InChI is InChI=1S/C25H30N2O/c1-7-14-27-23-13-12-19(16(2)3)15-21(23)18(6)24(27)25(28)26-22-11-9-8-10-20(22)17(4)5/h7-13,15-17H,1,14H2,2-6H3,(H,26,28). The van der Waals surface area contributed by atoms with Crippen LogP contribution in [-0.2, 0) is 6.54 Å². The summed E-state index contributed by atoms with van der Waals surface area (Å²) in [6.07, 6.45) is 1.84. The molecule has 0 spiro atoms. The first kappa shape index (κ1) is 19.9. The first-order valence-corrected chi connectivity index (χ1v) is 9.99. The number of aromatic nitrogens is 1. The molecule has 0 unspecified atom stereocenters. The summed E-state index contributed by atoms with van der Waals surface area (Å²) in [4.78, 5) is 13.3. The van der Waals surface area contributed by atoms with Crippen molar-refractivity contribution in [3.8, 4) is 0 Å². The summed E-state index contributed by atoms with van der Waals surface area (Å²) in [5.41, 5.74) is 6.09. The van der Waals surface area contributed by atoms with Crippen molar-refractivity contribution in [1.82, 2.24) is 4.57 Å². The maximum Gasteiger partial charge on any atom is 0.272 e. The molecule has 0 saturated heterocycles. The maximum atomic E-state index is 13.3. The summed E-state index contributed by atoms with van der Waals surface area (Å²) < 4.78 is 2.06. The van der Waals surface area contributed by atoms with Crippen molar-refractivity contribution in [3.05, 3.63) is 77.5 Å². The second-order valence-electron chi connectivity index (χ2n) is 8.00. The Balaban J connectivity index is 2.11. The minimum absolute atomic E-state index is 0.0743. The zero-order valence-corrected chi connectivity index (χ0v) is 17.5. The van der Waals surface area contributed by atoms with E-state index in [0.717, 1.165) is 27.7 Å². The summed E-state index contributed by atoms with van der Waals surface area (Å²) in [6, 6.07) is 14.5. The van der Waals surface area contributed by atoms with E-state index in [1.165, 1.54) is 5.56 Å². The van der Waals surface area contributed by atoms with Crippen LogP contribution in [0.4, 0.5) is 5.69 Å². The Morgan fingerprint density at radius 3 is 2.46 bits per heavy atom. The maximum absolute atomic E-state index is 13.3. The normalized spacial score (nSPS) is 11.4. The Bertz CT molecular complexity index is 1020. The van der Waals surface area contributed by atoms with E-state index in [9.17, 15) is 4.79 Å². The number of fused-ring (bicyclic) bond motifs is 1. The number of amides is 1. The van der Waals surface area contributed by atoms with E-state index in [-0.39, 0.29) is 5.91 Å². The van der Waals surface area contributed by atoms with Crippen molar-refractivity contribution in [2.45, 2.75) is 53.0 Å². The molecule has 2 aromatic carbocycles. The van der Waals surface area contributed by atoms with Gasteiger partial charge in [0, 0.05) is 23.1 Å². The fourth-order valence-electron chi connectivity index (χ4n) is 3.81. The molecular formula is C25H30N2O. The van der Waals surface area contributed by atoms with E-state index in [0.29, 0.717) is 24.1 Å². The zero-order chi connectivity index (χ0) is 20.4. The summed E-state index contributed by atoms with van der Waals surface area (Å²) in [6.45, 7) is 15.2. The van der Waals surface area contributed by atoms with Gasteiger partial charge in [0.1, 0.15) is 5.69 Å². The molecule has 3 nitrogen and oxygen atoms in total. The molecule has 0 radical (unpaired) electrons. The van der Waals surface area contributed by atoms with Gasteiger partial charge in [0.05, 0.1) is 0 Å². The number of para-hydroxylation sites is 1. The minimum Gasteiger partial charge on any atom is -0.332 e. The molecule has 28 heavy (non-hydrogen) atoms. The van der Waals surface area contributed by atoms with Crippen LogP contribution in [-0.4, -0.2) is 10.5 Å². The molecule has 0 aliphatic rings. The number of anilines is 1. The Hall–Kier alpha value is -2.81. The van der Waals surface area contributed by atoms with Crippen LogP contribution in [0.2, 0.25) is 0 Å². The van der Waals surface area contributed by atoms with Gasteiger partial charge in [-0.3, -0.25) is 4.79 Å². The monoisotopic (exact) mass is 374 g/mol. The van der Waals surface area contributed by atoms with Gasteiger partial charge in [-0.15, -0.1) is 6.58 Å². The van der Waals surface area contributed by atoms with E-state index in [1.54, 1.807) is 0 Å². The third kappa shape index (κ3) is 3.62. The summed E-state index contributed by atoms with van der Waals surface area (Å²) in [5.74, 6) is 0.710. The number of nitrogens with one attached hydrogen (secondary N) is 1. The second-order valence-corrected chi connectivity index (χ2v) is 8.00. The third-order valence-electron chi connectivity index (χ3n) is 5.36. The van der Waals surface area contributed by atoms with Gasteiger partial charge in [0.25, 0.3) is 5.91 Å². The highest BCUT2D eigenvalue weighted by Gasteiger charge is 2.21. The molecule has 0 atom stereocenters. The molecule has 0 aliphatic carbocycles. The highest BCUT2D eigenvalue weighted by atomic mass is 16.2. The van der Waals surface area contributed by atoms with Gasteiger partial charge in [0.15, 0.2) is 0 Å². The number of nitrogens with zero attached hydrogens (tertiary/aromatic N) is 1. The van der Waals surface area contributed by atoms with Gasteiger partial charge >= 0.3 is 0 Å². The van der Waals surface area contributed by atoms with Crippen molar-refractivity contribution in [1.29, 1.82) is 0 Å². The molecule has 0 saturated carbocycles. The quantitative estimate of drug-likeness (QED) is 0.482. The smallest absolute Gasteiger partial charge is 0.272 e. The summed E-state index contributed by atoms with van der Waals surface area (Å²) >= 11 is 0. The summed E-state index contributed by atoms with van der Waals surface area (Å²) in [5, 5.41) is 4.29. The predicted octanol–water partition coefficient (Wildman–Crippen LogP) is 6.63. The number of hydrogen-bond acceptors (Lipinski definition) is 1. The minimum atomic E-state index is -0.0743. The van der Waals surface area contributed by atoms with Crippen LogP contribution in [0, 0.1) is 6.92 Å². The number of carbonyl (C=O) groups is 1. The first-order valence-electron chi connectivity index (χ1n) is 9.99. The molecule has 3 rings (SSSR count). The molecule has 1 aromatic heterocycles. The van der Waals surface area contributed by atoms with E-state index >= 15 is 0 Å². The van der Waals surface area contributed by atoms with Gasteiger partial charge in [0.2, 0.25) is 0 Å². The van der Waals surface area contributed by atoms with Crippen LogP contribution < -0.4 is 5.32 Å². The highest BCUT2D eigenvalue weighted by molar-refractivity contribution is 6.08. The Morgan fingerprint density at radius 1 is 1.11 bits per heavy atom. The molecule has 1 heterocycles. The number of benzene rings is 2. The molecule has 1 N–H and O–H groups in total. The number of rotatable bonds is 6. The van der Waals surface area contributed by atoms with E-state index in [1.807, 2.05) is 31.2 Å². The predicted molar refractivity (Wildman–Crippen MR) is 119 cm³/mol. The third-order valence-corrected chi connectivity index (χ3v) is 5.36. The van der Waals surface area contributed by atoms with Gasteiger partial charge in [-0.25, -0.2) is 0 Å². The molecule has 0 aliphatic heterocycles. The topological polar surface area (TPSA) is 34.0 Å². The fourth-order valence-corrected chi connectivity index (χ4v) is 3.81. The zero-order valence-electron chi connectivity index (χ0n) is 17.5. The van der Waals surface area contributed by atoms with Crippen molar-refractivity contribution in [2.24, 2.45) is 0 Å². The van der Waals surface area contributed by atoms with E-state index < -0.39 is 0 Å². The van der Waals surface area contributed by atoms with Crippen LogP contribution in [0.15, 0.2) is 55.1 Å². The van der Waals surface area contributed by atoms with E-state index in [2.05, 4.69) is 68.4 Å². The molecule has 3 aromatic rings. The van der Waals surface area contributed by atoms with Crippen LogP contribution in [0.3, 0.4) is 0 Å². The van der Waals surface area contributed by atoms with E-state index in [4.69, 9.17) is 0 Å². The average molecular weight is 375 g/mol. The Morgan fingerprint density at radius 2 is 1.82 bits per heavy atom. The van der Waals surface area contributed by atoms with Crippen molar-refractivity contribution in [2.75, 3.05) is 5.32 Å². The Labute approximate surface area is 168 Å².